The SMILES string of the molecule is C=CCNC(=O)c1cccc(CSc2ccc(C)cc2C)c1. The van der Waals surface area contributed by atoms with Crippen molar-refractivity contribution in [1.29, 1.82) is 0 Å². The molecule has 1 N–H and O–H groups in total. The van der Waals surface area contributed by atoms with E-state index >= 15 is 0 Å². The van der Waals surface area contributed by atoms with Crippen molar-refractivity contribution in [2.45, 2.75) is 24.5 Å². The standard InChI is InChI=1S/C19H21NOS/c1-4-10-20-19(21)17-7-5-6-16(12-17)13-22-18-9-8-14(2)11-15(18)3/h4-9,11-12H,1,10,13H2,2-3H3,(H,20,21). The van der Waals surface area contributed by atoms with Gasteiger partial charge in [-0.25, -0.2) is 0 Å². The molecule has 0 heterocycles. The first kappa shape index (κ1) is 16.4. The van der Waals surface area contributed by atoms with Crippen LogP contribution in [0.4, 0.5) is 0 Å². The maximum Gasteiger partial charge on any atom is 0.251 e. The van der Waals surface area contributed by atoms with E-state index in [4.69, 9.17) is 0 Å². The molecule has 2 nitrogen and oxygen atoms in total. The van der Waals surface area contributed by atoms with Crippen molar-refractivity contribution in [3.63, 3.8) is 0 Å². The van der Waals surface area contributed by atoms with Gasteiger partial charge >= 0.3 is 0 Å². The summed E-state index contributed by atoms with van der Waals surface area (Å²) >= 11 is 1.80. The van der Waals surface area contributed by atoms with Crippen molar-refractivity contribution in [3.8, 4) is 0 Å². The summed E-state index contributed by atoms with van der Waals surface area (Å²) in [4.78, 5) is 13.2. The lowest BCUT2D eigenvalue weighted by Crippen LogP contribution is -2.23. The summed E-state index contributed by atoms with van der Waals surface area (Å²) in [6.07, 6.45) is 1.68. The third kappa shape index (κ3) is 4.50. The highest BCUT2D eigenvalue weighted by Gasteiger charge is 2.06. The molecular formula is C19H21NOS. The Morgan fingerprint density at radius 2 is 2.05 bits per heavy atom. The molecule has 0 aliphatic heterocycles. The quantitative estimate of drug-likeness (QED) is 0.628. The van der Waals surface area contributed by atoms with Gasteiger partial charge in [0.05, 0.1) is 0 Å². The molecule has 0 aliphatic rings. The van der Waals surface area contributed by atoms with Crippen molar-refractivity contribution >= 4 is 17.7 Å². The van der Waals surface area contributed by atoms with Gasteiger partial charge in [0.1, 0.15) is 0 Å². The van der Waals surface area contributed by atoms with E-state index in [2.05, 4.69) is 50.0 Å². The van der Waals surface area contributed by atoms with Gasteiger partial charge in [0.15, 0.2) is 0 Å². The number of carbonyl (C=O) groups excluding carboxylic acids is 1. The Morgan fingerprint density at radius 3 is 2.77 bits per heavy atom. The first-order valence-corrected chi connectivity index (χ1v) is 8.27. The fourth-order valence-corrected chi connectivity index (χ4v) is 3.14. The number of hydrogen-bond donors (Lipinski definition) is 1. The van der Waals surface area contributed by atoms with E-state index in [-0.39, 0.29) is 5.91 Å². The van der Waals surface area contributed by atoms with E-state index < -0.39 is 0 Å². The summed E-state index contributed by atoms with van der Waals surface area (Å²) in [5, 5.41) is 2.80. The van der Waals surface area contributed by atoms with Crippen LogP contribution in [0.15, 0.2) is 60.0 Å². The maximum absolute atomic E-state index is 12.0. The van der Waals surface area contributed by atoms with Crippen molar-refractivity contribution in [2.75, 3.05) is 6.54 Å². The van der Waals surface area contributed by atoms with Gasteiger partial charge in [-0.05, 0) is 43.2 Å². The van der Waals surface area contributed by atoms with E-state index in [1.165, 1.54) is 16.0 Å². The lowest BCUT2D eigenvalue weighted by atomic mass is 10.1. The molecule has 0 unspecified atom stereocenters. The summed E-state index contributed by atoms with van der Waals surface area (Å²) in [5.74, 6) is 0.796. The first-order chi connectivity index (χ1) is 10.6. The van der Waals surface area contributed by atoms with E-state index in [9.17, 15) is 4.79 Å². The summed E-state index contributed by atoms with van der Waals surface area (Å²) in [6.45, 7) is 8.33. The van der Waals surface area contributed by atoms with Gasteiger partial charge in [-0.3, -0.25) is 4.79 Å². The summed E-state index contributed by atoms with van der Waals surface area (Å²) in [7, 11) is 0. The van der Waals surface area contributed by atoms with Crippen LogP contribution in [0.5, 0.6) is 0 Å². The molecular weight excluding hydrogens is 290 g/mol. The van der Waals surface area contributed by atoms with Crippen molar-refractivity contribution in [3.05, 3.63) is 77.4 Å². The van der Waals surface area contributed by atoms with Crippen LogP contribution in [-0.2, 0) is 5.75 Å². The number of amides is 1. The molecule has 1 amide bonds. The van der Waals surface area contributed by atoms with Crippen LogP contribution in [0.25, 0.3) is 0 Å². The number of aryl methyl sites for hydroxylation is 2. The minimum Gasteiger partial charge on any atom is -0.349 e. The molecule has 2 aromatic carbocycles. The molecule has 2 rings (SSSR count). The number of hydrogen-bond acceptors (Lipinski definition) is 2. The van der Waals surface area contributed by atoms with Crippen LogP contribution in [0.3, 0.4) is 0 Å². The smallest absolute Gasteiger partial charge is 0.251 e. The van der Waals surface area contributed by atoms with Gasteiger partial charge in [-0.2, -0.15) is 0 Å². The van der Waals surface area contributed by atoms with Gasteiger partial charge in [0, 0.05) is 22.8 Å². The van der Waals surface area contributed by atoms with Crippen LogP contribution in [0.1, 0.15) is 27.0 Å². The lowest BCUT2D eigenvalue weighted by molar-refractivity contribution is 0.0958. The van der Waals surface area contributed by atoms with Crippen LogP contribution in [0.2, 0.25) is 0 Å². The Bertz CT molecular complexity index is 679. The summed E-state index contributed by atoms with van der Waals surface area (Å²) in [6, 6.07) is 14.3. The third-order valence-corrected chi connectivity index (χ3v) is 4.57. The Kier molecular flexibility index (Phi) is 5.84. The molecule has 0 radical (unpaired) electrons. The van der Waals surface area contributed by atoms with E-state index in [1.54, 1.807) is 17.8 Å². The second kappa shape index (κ2) is 7.85. The zero-order chi connectivity index (χ0) is 15.9. The Hall–Kier alpha value is -2.00. The summed E-state index contributed by atoms with van der Waals surface area (Å²) < 4.78 is 0. The average Bonchev–Trinajstić information content (AvgIpc) is 2.52. The van der Waals surface area contributed by atoms with Crippen LogP contribution in [0, 0.1) is 13.8 Å². The van der Waals surface area contributed by atoms with Crippen molar-refractivity contribution in [2.24, 2.45) is 0 Å². The molecule has 0 fully saturated rings. The van der Waals surface area contributed by atoms with Gasteiger partial charge in [-0.15, -0.1) is 18.3 Å². The lowest BCUT2D eigenvalue weighted by Gasteiger charge is -2.08. The highest BCUT2D eigenvalue weighted by molar-refractivity contribution is 7.98. The predicted octanol–water partition coefficient (Wildman–Crippen LogP) is 4.51. The van der Waals surface area contributed by atoms with Gasteiger partial charge in [0.2, 0.25) is 0 Å². The number of carbonyl (C=O) groups is 1. The number of nitrogens with one attached hydrogen (secondary N) is 1. The van der Waals surface area contributed by atoms with Crippen LogP contribution < -0.4 is 5.32 Å². The Morgan fingerprint density at radius 1 is 1.23 bits per heavy atom. The fourth-order valence-electron chi connectivity index (χ4n) is 2.19. The third-order valence-electron chi connectivity index (χ3n) is 3.32. The summed E-state index contributed by atoms with van der Waals surface area (Å²) in [5.41, 5.74) is 4.42. The highest BCUT2D eigenvalue weighted by atomic mass is 32.2. The highest BCUT2D eigenvalue weighted by Crippen LogP contribution is 2.26. The second-order valence-electron chi connectivity index (χ2n) is 5.26. The molecule has 0 saturated carbocycles. The Labute approximate surface area is 136 Å². The predicted molar refractivity (Wildman–Crippen MR) is 94.4 cm³/mol. The second-order valence-corrected chi connectivity index (χ2v) is 6.27. The van der Waals surface area contributed by atoms with Gasteiger partial charge in [-0.1, -0.05) is 35.9 Å². The molecule has 0 saturated heterocycles. The molecule has 114 valence electrons. The van der Waals surface area contributed by atoms with Crippen LogP contribution in [-0.4, -0.2) is 12.5 Å². The zero-order valence-electron chi connectivity index (χ0n) is 13.1. The molecule has 0 aliphatic carbocycles. The topological polar surface area (TPSA) is 29.1 Å². The normalized spacial score (nSPS) is 10.3. The number of rotatable bonds is 6. The first-order valence-electron chi connectivity index (χ1n) is 7.28. The molecule has 22 heavy (non-hydrogen) atoms. The number of thioether (sulfide) groups is 1. The minimum absolute atomic E-state index is 0.0572. The van der Waals surface area contributed by atoms with Crippen molar-refractivity contribution < 1.29 is 4.79 Å². The van der Waals surface area contributed by atoms with Gasteiger partial charge < -0.3 is 5.32 Å². The molecule has 0 aromatic heterocycles. The minimum atomic E-state index is -0.0572. The monoisotopic (exact) mass is 311 g/mol. The molecule has 2 aromatic rings. The number of benzene rings is 2. The van der Waals surface area contributed by atoms with Crippen molar-refractivity contribution in [1.82, 2.24) is 5.32 Å². The zero-order valence-corrected chi connectivity index (χ0v) is 13.9. The van der Waals surface area contributed by atoms with E-state index in [1.807, 2.05) is 18.2 Å². The maximum atomic E-state index is 12.0. The average molecular weight is 311 g/mol. The van der Waals surface area contributed by atoms with Gasteiger partial charge in [0.25, 0.3) is 5.91 Å². The Balaban J connectivity index is 2.04. The molecule has 0 atom stereocenters. The largest absolute Gasteiger partial charge is 0.349 e. The fraction of sp³-hybridized carbons (Fsp3) is 0.211. The molecule has 0 spiro atoms. The molecule has 0 bridgehead atoms. The van der Waals surface area contributed by atoms with E-state index in [0.29, 0.717) is 12.1 Å². The van der Waals surface area contributed by atoms with Crippen LogP contribution >= 0.6 is 11.8 Å². The molecule has 3 heteroatoms. The van der Waals surface area contributed by atoms with E-state index in [0.717, 1.165) is 11.3 Å².